The van der Waals surface area contributed by atoms with Gasteiger partial charge in [0, 0.05) is 18.7 Å². The van der Waals surface area contributed by atoms with Crippen LogP contribution >= 0.6 is 0 Å². The van der Waals surface area contributed by atoms with E-state index < -0.39 is 0 Å². The smallest absolute Gasteiger partial charge is 0.224 e. The van der Waals surface area contributed by atoms with Gasteiger partial charge in [-0.2, -0.15) is 0 Å². The van der Waals surface area contributed by atoms with Gasteiger partial charge in [-0.25, -0.2) is 0 Å². The standard InChI is InChI=1S/C15H22N2O/c16-11-13-6-8-14(9-7-13)17-15(18)10-12-4-2-1-3-5-12/h6-9,12H,1-5,10-11,16H2,(H,17,18). The average Bonchev–Trinajstić information content (AvgIpc) is 2.40. The van der Waals surface area contributed by atoms with Crippen LogP contribution in [0, 0.1) is 5.92 Å². The maximum atomic E-state index is 11.9. The first kappa shape index (κ1) is 13.1. The molecule has 2 rings (SSSR count). The van der Waals surface area contributed by atoms with Gasteiger partial charge in [-0.05, 0) is 36.5 Å². The minimum atomic E-state index is 0.141. The van der Waals surface area contributed by atoms with Crippen LogP contribution in [0.15, 0.2) is 24.3 Å². The Morgan fingerprint density at radius 2 is 1.83 bits per heavy atom. The highest BCUT2D eigenvalue weighted by molar-refractivity contribution is 5.90. The number of nitrogens with one attached hydrogen (secondary N) is 1. The Bertz CT molecular complexity index is 380. The summed E-state index contributed by atoms with van der Waals surface area (Å²) < 4.78 is 0. The van der Waals surface area contributed by atoms with Crippen LogP contribution in [0.25, 0.3) is 0 Å². The fourth-order valence-electron chi connectivity index (χ4n) is 2.59. The summed E-state index contributed by atoms with van der Waals surface area (Å²) in [5, 5.41) is 2.96. The van der Waals surface area contributed by atoms with Gasteiger partial charge >= 0.3 is 0 Å². The van der Waals surface area contributed by atoms with Crippen LogP contribution in [-0.4, -0.2) is 5.91 Å². The molecule has 1 saturated carbocycles. The van der Waals surface area contributed by atoms with Gasteiger partial charge in [-0.15, -0.1) is 0 Å². The first-order chi connectivity index (χ1) is 8.78. The van der Waals surface area contributed by atoms with E-state index in [1.54, 1.807) is 0 Å². The number of amides is 1. The van der Waals surface area contributed by atoms with Gasteiger partial charge in [-0.1, -0.05) is 31.4 Å². The summed E-state index contributed by atoms with van der Waals surface area (Å²) in [4.78, 5) is 11.9. The molecule has 3 heteroatoms. The van der Waals surface area contributed by atoms with Crippen molar-refractivity contribution >= 4 is 11.6 Å². The van der Waals surface area contributed by atoms with E-state index in [0.29, 0.717) is 18.9 Å². The molecule has 0 radical (unpaired) electrons. The van der Waals surface area contributed by atoms with Gasteiger partial charge in [0.15, 0.2) is 0 Å². The number of anilines is 1. The minimum Gasteiger partial charge on any atom is -0.326 e. The highest BCUT2D eigenvalue weighted by atomic mass is 16.1. The van der Waals surface area contributed by atoms with Crippen LogP contribution in [-0.2, 0) is 11.3 Å². The lowest BCUT2D eigenvalue weighted by molar-refractivity contribution is -0.117. The quantitative estimate of drug-likeness (QED) is 0.858. The lowest BCUT2D eigenvalue weighted by Crippen LogP contribution is -2.18. The number of carbonyl (C=O) groups is 1. The summed E-state index contributed by atoms with van der Waals surface area (Å²) in [6, 6.07) is 7.74. The highest BCUT2D eigenvalue weighted by Crippen LogP contribution is 2.26. The Balaban J connectivity index is 1.82. The highest BCUT2D eigenvalue weighted by Gasteiger charge is 2.16. The fraction of sp³-hybridized carbons (Fsp3) is 0.533. The van der Waals surface area contributed by atoms with E-state index in [9.17, 15) is 4.79 Å². The van der Waals surface area contributed by atoms with Gasteiger partial charge in [0.2, 0.25) is 5.91 Å². The Morgan fingerprint density at radius 1 is 1.17 bits per heavy atom. The van der Waals surface area contributed by atoms with Gasteiger partial charge < -0.3 is 11.1 Å². The van der Waals surface area contributed by atoms with Crippen molar-refractivity contribution in [3.05, 3.63) is 29.8 Å². The molecule has 0 bridgehead atoms. The van der Waals surface area contributed by atoms with Crippen LogP contribution in [0.4, 0.5) is 5.69 Å². The molecule has 1 aromatic rings. The van der Waals surface area contributed by atoms with Crippen molar-refractivity contribution in [2.75, 3.05) is 5.32 Å². The maximum absolute atomic E-state index is 11.9. The molecule has 0 aliphatic heterocycles. The molecule has 0 saturated heterocycles. The van der Waals surface area contributed by atoms with Crippen LogP contribution < -0.4 is 11.1 Å². The van der Waals surface area contributed by atoms with Crippen molar-refractivity contribution in [3.63, 3.8) is 0 Å². The van der Waals surface area contributed by atoms with Crippen molar-refractivity contribution in [2.24, 2.45) is 11.7 Å². The zero-order valence-electron chi connectivity index (χ0n) is 10.8. The number of carbonyl (C=O) groups excluding carboxylic acids is 1. The molecule has 1 aliphatic carbocycles. The van der Waals surface area contributed by atoms with E-state index in [-0.39, 0.29) is 5.91 Å². The van der Waals surface area contributed by atoms with E-state index >= 15 is 0 Å². The third-order valence-electron chi connectivity index (χ3n) is 3.67. The summed E-state index contributed by atoms with van der Waals surface area (Å²) in [7, 11) is 0. The minimum absolute atomic E-state index is 0.141. The second-order valence-electron chi connectivity index (χ2n) is 5.16. The van der Waals surface area contributed by atoms with Crippen LogP contribution in [0.3, 0.4) is 0 Å². The zero-order valence-corrected chi connectivity index (χ0v) is 10.8. The van der Waals surface area contributed by atoms with E-state index in [1.165, 1.54) is 32.1 Å². The third-order valence-corrected chi connectivity index (χ3v) is 3.67. The molecule has 0 atom stereocenters. The van der Waals surface area contributed by atoms with Gasteiger partial charge in [0.1, 0.15) is 0 Å². The van der Waals surface area contributed by atoms with Gasteiger partial charge in [0.05, 0.1) is 0 Å². The predicted molar refractivity (Wildman–Crippen MR) is 74.2 cm³/mol. The molecule has 1 aromatic carbocycles. The summed E-state index contributed by atoms with van der Waals surface area (Å²) in [5.74, 6) is 0.726. The topological polar surface area (TPSA) is 55.1 Å². The largest absolute Gasteiger partial charge is 0.326 e. The normalized spacial score (nSPS) is 16.5. The molecule has 0 heterocycles. The SMILES string of the molecule is NCc1ccc(NC(=O)CC2CCCCC2)cc1. The summed E-state index contributed by atoms with van der Waals surface area (Å²) in [6.07, 6.45) is 6.97. The molecule has 1 amide bonds. The first-order valence-corrected chi connectivity index (χ1v) is 6.87. The molecule has 1 fully saturated rings. The fourth-order valence-corrected chi connectivity index (χ4v) is 2.59. The van der Waals surface area contributed by atoms with E-state index in [4.69, 9.17) is 5.73 Å². The van der Waals surface area contributed by atoms with E-state index in [2.05, 4.69) is 5.32 Å². The number of rotatable bonds is 4. The molecule has 18 heavy (non-hydrogen) atoms. The predicted octanol–water partition coefficient (Wildman–Crippen LogP) is 3.05. The van der Waals surface area contributed by atoms with Crippen LogP contribution in [0.1, 0.15) is 44.1 Å². The number of benzene rings is 1. The molecule has 0 spiro atoms. The molecule has 1 aliphatic rings. The van der Waals surface area contributed by atoms with Crippen LogP contribution in [0.2, 0.25) is 0 Å². The third kappa shape index (κ3) is 3.84. The molecule has 0 unspecified atom stereocenters. The summed E-state index contributed by atoms with van der Waals surface area (Å²) in [5.41, 5.74) is 7.49. The molecule has 98 valence electrons. The molecular weight excluding hydrogens is 224 g/mol. The lowest BCUT2D eigenvalue weighted by atomic mass is 9.87. The van der Waals surface area contributed by atoms with Crippen molar-refractivity contribution < 1.29 is 4.79 Å². The van der Waals surface area contributed by atoms with Crippen LogP contribution in [0.5, 0.6) is 0 Å². The molecule has 3 N–H and O–H groups in total. The Labute approximate surface area is 109 Å². The molecular formula is C15H22N2O. The zero-order chi connectivity index (χ0) is 12.8. The number of hydrogen-bond acceptors (Lipinski definition) is 2. The summed E-state index contributed by atoms with van der Waals surface area (Å²) in [6.45, 7) is 0.538. The number of hydrogen-bond donors (Lipinski definition) is 2. The monoisotopic (exact) mass is 246 g/mol. The Kier molecular flexibility index (Phi) is 4.76. The maximum Gasteiger partial charge on any atom is 0.224 e. The Hall–Kier alpha value is -1.35. The summed E-state index contributed by atoms with van der Waals surface area (Å²) >= 11 is 0. The van der Waals surface area contributed by atoms with Crippen molar-refractivity contribution in [3.8, 4) is 0 Å². The van der Waals surface area contributed by atoms with Crippen molar-refractivity contribution in [2.45, 2.75) is 45.1 Å². The first-order valence-electron chi connectivity index (χ1n) is 6.87. The van der Waals surface area contributed by atoms with Crippen molar-refractivity contribution in [1.29, 1.82) is 0 Å². The van der Waals surface area contributed by atoms with Crippen molar-refractivity contribution in [1.82, 2.24) is 0 Å². The van der Waals surface area contributed by atoms with Gasteiger partial charge in [-0.3, -0.25) is 4.79 Å². The average molecular weight is 246 g/mol. The number of nitrogens with two attached hydrogens (primary N) is 1. The second kappa shape index (κ2) is 6.55. The van der Waals surface area contributed by atoms with Gasteiger partial charge in [0.25, 0.3) is 0 Å². The second-order valence-corrected chi connectivity index (χ2v) is 5.16. The molecule has 3 nitrogen and oxygen atoms in total. The van der Waals surface area contributed by atoms with E-state index in [0.717, 1.165) is 11.3 Å². The Morgan fingerprint density at radius 3 is 2.44 bits per heavy atom. The molecule has 0 aromatic heterocycles. The lowest BCUT2D eigenvalue weighted by Gasteiger charge is -2.20. The van der Waals surface area contributed by atoms with E-state index in [1.807, 2.05) is 24.3 Å².